The molecule has 0 saturated carbocycles. The monoisotopic (exact) mass is 354 g/mol. The van der Waals surface area contributed by atoms with E-state index in [4.69, 9.17) is 9.47 Å². The Balaban J connectivity index is 1.53. The molecule has 0 unspecified atom stereocenters. The molecule has 1 heterocycles. The first kappa shape index (κ1) is 18.3. The molecule has 138 valence electrons. The molecule has 1 aliphatic heterocycles. The van der Waals surface area contributed by atoms with Crippen LogP contribution in [0.5, 0.6) is 17.2 Å². The third kappa shape index (κ3) is 4.76. The molecule has 5 heteroatoms. The van der Waals surface area contributed by atoms with Crippen molar-refractivity contribution in [2.24, 2.45) is 5.92 Å². The summed E-state index contributed by atoms with van der Waals surface area (Å²) >= 11 is 0. The van der Waals surface area contributed by atoms with E-state index in [0.717, 1.165) is 30.7 Å². The lowest BCUT2D eigenvalue weighted by molar-refractivity contribution is -0.126. The number of ether oxygens (including phenoxy) is 2. The van der Waals surface area contributed by atoms with Gasteiger partial charge in [-0.1, -0.05) is 24.3 Å². The standard InChI is InChI=1S/C21H26N2O3/c1-15-13-17(11-12-22-15)21(24)23-14-16-7-9-18(10-8-16)26-20-6-4-3-5-19(20)25-2/h3-10,15,17,22H,11-14H2,1-2H3,(H,23,24)/t15-,17-/m0/s1. The molecule has 1 fully saturated rings. The third-order valence-electron chi connectivity index (χ3n) is 4.68. The van der Waals surface area contributed by atoms with Crippen LogP contribution in [0.4, 0.5) is 0 Å². The zero-order valence-corrected chi connectivity index (χ0v) is 15.3. The van der Waals surface area contributed by atoms with Gasteiger partial charge < -0.3 is 20.1 Å². The van der Waals surface area contributed by atoms with Crippen LogP contribution in [0.25, 0.3) is 0 Å². The van der Waals surface area contributed by atoms with Gasteiger partial charge in [0.2, 0.25) is 5.91 Å². The Morgan fingerprint density at radius 3 is 2.58 bits per heavy atom. The third-order valence-corrected chi connectivity index (χ3v) is 4.68. The summed E-state index contributed by atoms with van der Waals surface area (Å²) in [6.45, 7) is 3.57. The van der Waals surface area contributed by atoms with Crippen LogP contribution in [0.1, 0.15) is 25.3 Å². The molecule has 1 amide bonds. The maximum atomic E-state index is 12.3. The van der Waals surface area contributed by atoms with E-state index in [9.17, 15) is 4.79 Å². The molecule has 1 saturated heterocycles. The van der Waals surface area contributed by atoms with Crippen molar-refractivity contribution in [3.8, 4) is 17.2 Å². The molecule has 5 nitrogen and oxygen atoms in total. The van der Waals surface area contributed by atoms with Gasteiger partial charge >= 0.3 is 0 Å². The highest BCUT2D eigenvalue weighted by atomic mass is 16.5. The molecule has 2 N–H and O–H groups in total. The largest absolute Gasteiger partial charge is 0.493 e. The van der Waals surface area contributed by atoms with E-state index in [1.165, 1.54) is 0 Å². The Hall–Kier alpha value is -2.53. The predicted molar refractivity (Wildman–Crippen MR) is 102 cm³/mol. The molecule has 2 aromatic carbocycles. The van der Waals surface area contributed by atoms with Crippen LogP contribution in [-0.4, -0.2) is 25.6 Å². The van der Waals surface area contributed by atoms with Gasteiger partial charge in [-0.05, 0) is 56.1 Å². The topological polar surface area (TPSA) is 59.6 Å². The molecular weight excluding hydrogens is 328 g/mol. The fourth-order valence-corrected chi connectivity index (χ4v) is 3.21. The van der Waals surface area contributed by atoms with Crippen molar-refractivity contribution in [3.63, 3.8) is 0 Å². The summed E-state index contributed by atoms with van der Waals surface area (Å²) < 4.78 is 11.2. The van der Waals surface area contributed by atoms with Gasteiger partial charge in [-0.2, -0.15) is 0 Å². The molecule has 0 bridgehead atoms. The van der Waals surface area contributed by atoms with E-state index in [-0.39, 0.29) is 11.8 Å². The molecule has 2 atom stereocenters. The first-order valence-electron chi connectivity index (χ1n) is 9.06. The van der Waals surface area contributed by atoms with Crippen LogP contribution in [-0.2, 0) is 11.3 Å². The van der Waals surface area contributed by atoms with Gasteiger partial charge in [0, 0.05) is 18.5 Å². The number of piperidine rings is 1. The number of carbonyl (C=O) groups is 1. The second-order valence-corrected chi connectivity index (χ2v) is 6.69. The summed E-state index contributed by atoms with van der Waals surface area (Å²) in [5.41, 5.74) is 1.05. The summed E-state index contributed by atoms with van der Waals surface area (Å²) in [6.07, 6.45) is 1.80. The smallest absolute Gasteiger partial charge is 0.223 e. The molecule has 0 spiro atoms. The Morgan fingerprint density at radius 2 is 1.88 bits per heavy atom. The number of hydrogen-bond acceptors (Lipinski definition) is 4. The highest BCUT2D eigenvalue weighted by molar-refractivity contribution is 5.78. The van der Waals surface area contributed by atoms with Crippen LogP contribution in [0, 0.1) is 5.92 Å². The van der Waals surface area contributed by atoms with Crippen LogP contribution in [0.15, 0.2) is 48.5 Å². The Kier molecular flexibility index (Phi) is 6.12. The van der Waals surface area contributed by atoms with Gasteiger partial charge in [0.15, 0.2) is 11.5 Å². The van der Waals surface area contributed by atoms with Gasteiger partial charge in [-0.15, -0.1) is 0 Å². The Labute approximate surface area is 154 Å². The average Bonchev–Trinajstić information content (AvgIpc) is 2.67. The van der Waals surface area contributed by atoms with E-state index in [1.807, 2.05) is 48.5 Å². The minimum atomic E-state index is 0.111. The summed E-state index contributed by atoms with van der Waals surface area (Å²) in [7, 11) is 1.62. The fourth-order valence-electron chi connectivity index (χ4n) is 3.21. The average molecular weight is 354 g/mol. The Morgan fingerprint density at radius 1 is 1.15 bits per heavy atom. The van der Waals surface area contributed by atoms with Gasteiger partial charge in [-0.3, -0.25) is 4.79 Å². The van der Waals surface area contributed by atoms with Crippen molar-refractivity contribution in [2.75, 3.05) is 13.7 Å². The molecule has 1 aliphatic rings. The summed E-state index contributed by atoms with van der Waals surface area (Å²) in [4.78, 5) is 12.3. The summed E-state index contributed by atoms with van der Waals surface area (Å²) in [6, 6.07) is 15.7. The summed E-state index contributed by atoms with van der Waals surface area (Å²) in [5, 5.41) is 6.42. The number of carbonyl (C=O) groups excluding carboxylic acids is 1. The number of benzene rings is 2. The molecule has 0 radical (unpaired) electrons. The fraction of sp³-hybridized carbons (Fsp3) is 0.381. The van der Waals surface area contributed by atoms with Crippen LogP contribution < -0.4 is 20.1 Å². The van der Waals surface area contributed by atoms with E-state index < -0.39 is 0 Å². The van der Waals surface area contributed by atoms with Crippen molar-refractivity contribution in [1.82, 2.24) is 10.6 Å². The lowest BCUT2D eigenvalue weighted by Crippen LogP contribution is -2.42. The quantitative estimate of drug-likeness (QED) is 0.834. The lowest BCUT2D eigenvalue weighted by Gasteiger charge is -2.27. The van der Waals surface area contributed by atoms with E-state index in [1.54, 1.807) is 7.11 Å². The van der Waals surface area contributed by atoms with Gasteiger partial charge in [0.05, 0.1) is 7.11 Å². The van der Waals surface area contributed by atoms with Crippen molar-refractivity contribution in [2.45, 2.75) is 32.4 Å². The van der Waals surface area contributed by atoms with E-state index in [2.05, 4.69) is 17.6 Å². The molecule has 2 aromatic rings. The normalized spacial score (nSPS) is 19.6. The second kappa shape index (κ2) is 8.72. The molecule has 0 aliphatic carbocycles. The van der Waals surface area contributed by atoms with Crippen molar-refractivity contribution in [3.05, 3.63) is 54.1 Å². The molecule has 3 rings (SSSR count). The van der Waals surface area contributed by atoms with Crippen molar-refractivity contribution >= 4 is 5.91 Å². The minimum absolute atomic E-state index is 0.111. The first-order chi connectivity index (χ1) is 12.7. The van der Waals surface area contributed by atoms with Crippen LogP contribution in [0.2, 0.25) is 0 Å². The lowest BCUT2D eigenvalue weighted by atomic mass is 9.92. The van der Waals surface area contributed by atoms with Gasteiger partial charge in [0.1, 0.15) is 5.75 Å². The van der Waals surface area contributed by atoms with Gasteiger partial charge in [0.25, 0.3) is 0 Å². The van der Waals surface area contributed by atoms with Crippen LogP contribution >= 0.6 is 0 Å². The zero-order valence-electron chi connectivity index (χ0n) is 15.3. The second-order valence-electron chi connectivity index (χ2n) is 6.69. The molecule has 26 heavy (non-hydrogen) atoms. The van der Waals surface area contributed by atoms with E-state index in [0.29, 0.717) is 24.1 Å². The minimum Gasteiger partial charge on any atom is -0.493 e. The summed E-state index contributed by atoms with van der Waals surface area (Å²) in [5.74, 6) is 2.36. The highest BCUT2D eigenvalue weighted by Crippen LogP contribution is 2.30. The maximum absolute atomic E-state index is 12.3. The predicted octanol–water partition coefficient (Wildman–Crippen LogP) is 3.49. The highest BCUT2D eigenvalue weighted by Gasteiger charge is 2.24. The number of rotatable bonds is 6. The number of para-hydroxylation sites is 2. The van der Waals surface area contributed by atoms with E-state index >= 15 is 0 Å². The van der Waals surface area contributed by atoms with Gasteiger partial charge in [-0.25, -0.2) is 0 Å². The number of nitrogens with one attached hydrogen (secondary N) is 2. The van der Waals surface area contributed by atoms with Crippen molar-refractivity contribution < 1.29 is 14.3 Å². The molecular formula is C21H26N2O3. The zero-order chi connectivity index (χ0) is 18.4. The SMILES string of the molecule is COc1ccccc1Oc1ccc(CNC(=O)[C@H]2CCN[C@@H](C)C2)cc1. The number of hydrogen-bond donors (Lipinski definition) is 2. The molecule has 0 aromatic heterocycles. The van der Waals surface area contributed by atoms with Crippen molar-refractivity contribution in [1.29, 1.82) is 0 Å². The number of methoxy groups -OCH3 is 1. The van der Waals surface area contributed by atoms with Crippen LogP contribution in [0.3, 0.4) is 0 Å². The first-order valence-corrected chi connectivity index (χ1v) is 9.06. The number of amides is 1. The maximum Gasteiger partial charge on any atom is 0.223 e. The Bertz CT molecular complexity index is 730.